The van der Waals surface area contributed by atoms with Gasteiger partial charge in [-0.1, -0.05) is 19.1 Å². The van der Waals surface area contributed by atoms with Crippen LogP contribution in [-0.4, -0.2) is 12.1 Å². The van der Waals surface area contributed by atoms with Crippen molar-refractivity contribution in [2.75, 3.05) is 0 Å². The smallest absolute Gasteiger partial charge is 0.119 e. The molecular formula is C16H25NO. The van der Waals surface area contributed by atoms with Gasteiger partial charge in [-0.3, -0.25) is 0 Å². The highest BCUT2D eigenvalue weighted by Crippen LogP contribution is 2.27. The van der Waals surface area contributed by atoms with E-state index in [0.29, 0.717) is 6.10 Å². The molecule has 0 bridgehead atoms. The van der Waals surface area contributed by atoms with Crippen LogP contribution >= 0.6 is 0 Å². The van der Waals surface area contributed by atoms with E-state index in [1.165, 1.54) is 31.2 Å². The Morgan fingerprint density at radius 3 is 2.33 bits per heavy atom. The maximum absolute atomic E-state index is 6.03. The number of nitrogens with two attached hydrogens (primary N) is 1. The summed E-state index contributed by atoms with van der Waals surface area (Å²) in [5, 5.41) is 0. The molecule has 2 N–H and O–H groups in total. The number of ether oxygens (including phenoxy) is 1. The van der Waals surface area contributed by atoms with Crippen LogP contribution in [0.3, 0.4) is 0 Å². The molecule has 1 unspecified atom stereocenters. The summed E-state index contributed by atoms with van der Waals surface area (Å²) in [7, 11) is 0. The van der Waals surface area contributed by atoms with Gasteiger partial charge in [-0.25, -0.2) is 0 Å². The normalized spacial score (nSPS) is 25.7. The summed E-state index contributed by atoms with van der Waals surface area (Å²) in [6.45, 7) is 4.37. The molecule has 2 rings (SSSR count). The summed E-state index contributed by atoms with van der Waals surface area (Å²) >= 11 is 0. The summed E-state index contributed by atoms with van der Waals surface area (Å²) in [5.41, 5.74) is 7.08. The van der Waals surface area contributed by atoms with Crippen LogP contribution in [0.25, 0.3) is 0 Å². The molecule has 0 radical (unpaired) electrons. The van der Waals surface area contributed by atoms with E-state index in [1.807, 2.05) is 6.92 Å². The fourth-order valence-electron chi connectivity index (χ4n) is 2.62. The maximum Gasteiger partial charge on any atom is 0.119 e. The summed E-state index contributed by atoms with van der Waals surface area (Å²) < 4.78 is 6.03. The average molecular weight is 247 g/mol. The Morgan fingerprint density at radius 2 is 1.78 bits per heavy atom. The lowest BCUT2D eigenvalue weighted by Gasteiger charge is -2.26. The van der Waals surface area contributed by atoms with Crippen molar-refractivity contribution in [1.82, 2.24) is 0 Å². The Morgan fingerprint density at radius 1 is 1.17 bits per heavy atom. The maximum atomic E-state index is 6.03. The lowest BCUT2D eigenvalue weighted by molar-refractivity contribution is 0.135. The summed E-state index contributed by atoms with van der Waals surface area (Å²) in [6.07, 6.45) is 6.34. The molecule has 0 aliphatic heterocycles. The van der Waals surface area contributed by atoms with Gasteiger partial charge in [-0.05, 0) is 62.6 Å². The van der Waals surface area contributed by atoms with Gasteiger partial charge in [0, 0.05) is 6.04 Å². The van der Waals surface area contributed by atoms with Gasteiger partial charge in [-0.15, -0.1) is 0 Å². The van der Waals surface area contributed by atoms with E-state index >= 15 is 0 Å². The molecule has 1 aliphatic carbocycles. The zero-order valence-corrected chi connectivity index (χ0v) is 11.6. The van der Waals surface area contributed by atoms with Gasteiger partial charge >= 0.3 is 0 Å². The Bertz CT molecular complexity index is 350. The van der Waals surface area contributed by atoms with Crippen LogP contribution in [0.4, 0.5) is 0 Å². The molecule has 18 heavy (non-hydrogen) atoms. The number of benzene rings is 1. The first-order valence-electron chi connectivity index (χ1n) is 7.14. The first kappa shape index (κ1) is 13.4. The minimum Gasteiger partial charge on any atom is -0.490 e. The van der Waals surface area contributed by atoms with E-state index in [0.717, 1.165) is 18.1 Å². The van der Waals surface area contributed by atoms with Gasteiger partial charge in [0.1, 0.15) is 5.75 Å². The van der Waals surface area contributed by atoms with Crippen molar-refractivity contribution in [3.63, 3.8) is 0 Å². The van der Waals surface area contributed by atoms with Crippen molar-refractivity contribution in [3.05, 3.63) is 29.8 Å². The molecule has 0 aromatic heterocycles. The molecule has 0 saturated heterocycles. The van der Waals surface area contributed by atoms with Crippen LogP contribution in [0.5, 0.6) is 5.75 Å². The monoisotopic (exact) mass is 247 g/mol. The van der Waals surface area contributed by atoms with E-state index in [2.05, 4.69) is 31.2 Å². The standard InChI is InChI=1S/C16H25NO/c1-12-3-7-15(8-4-12)18-16-9-5-14(6-10-16)11-13(2)17/h5-6,9-10,12-13,15H,3-4,7-8,11,17H2,1-2H3. The molecule has 2 heteroatoms. The minimum atomic E-state index is 0.219. The van der Waals surface area contributed by atoms with Crippen LogP contribution < -0.4 is 10.5 Å². The predicted molar refractivity (Wildman–Crippen MR) is 75.8 cm³/mol. The molecular weight excluding hydrogens is 222 g/mol. The molecule has 0 spiro atoms. The fraction of sp³-hybridized carbons (Fsp3) is 0.625. The topological polar surface area (TPSA) is 35.2 Å². The Kier molecular flexibility index (Phi) is 4.65. The molecule has 1 aliphatic rings. The largest absolute Gasteiger partial charge is 0.490 e. The fourth-order valence-corrected chi connectivity index (χ4v) is 2.62. The van der Waals surface area contributed by atoms with Gasteiger partial charge in [0.2, 0.25) is 0 Å². The second kappa shape index (κ2) is 6.24. The molecule has 1 atom stereocenters. The Labute approximate surface area is 111 Å². The third kappa shape index (κ3) is 4.02. The van der Waals surface area contributed by atoms with Crippen molar-refractivity contribution >= 4 is 0 Å². The lowest BCUT2D eigenvalue weighted by Crippen LogP contribution is -2.23. The van der Waals surface area contributed by atoms with Crippen LogP contribution in [0.15, 0.2) is 24.3 Å². The van der Waals surface area contributed by atoms with Crippen LogP contribution in [-0.2, 0) is 6.42 Å². The third-order valence-corrected chi connectivity index (χ3v) is 3.75. The summed E-state index contributed by atoms with van der Waals surface area (Å²) in [6, 6.07) is 8.64. The molecule has 1 fully saturated rings. The quantitative estimate of drug-likeness (QED) is 0.883. The van der Waals surface area contributed by atoms with E-state index in [1.54, 1.807) is 0 Å². The first-order valence-corrected chi connectivity index (χ1v) is 7.14. The summed E-state index contributed by atoms with van der Waals surface area (Å²) in [5.74, 6) is 1.88. The van der Waals surface area contributed by atoms with Gasteiger partial charge in [0.15, 0.2) is 0 Å². The summed E-state index contributed by atoms with van der Waals surface area (Å²) in [4.78, 5) is 0. The molecule has 2 nitrogen and oxygen atoms in total. The van der Waals surface area contributed by atoms with Crippen molar-refractivity contribution in [2.45, 2.75) is 58.1 Å². The number of hydrogen-bond donors (Lipinski definition) is 1. The van der Waals surface area contributed by atoms with Gasteiger partial charge < -0.3 is 10.5 Å². The predicted octanol–water partition coefficient (Wildman–Crippen LogP) is 3.53. The average Bonchev–Trinajstić information content (AvgIpc) is 2.34. The van der Waals surface area contributed by atoms with E-state index < -0.39 is 0 Å². The number of hydrogen-bond acceptors (Lipinski definition) is 2. The van der Waals surface area contributed by atoms with Crippen LogP contribution in [0.2, 0.25) is 0 Å². The van der Waals surface area contributed by atoms with Crippen molar-refractivity contribution in [3.8, 4) is 5.75 Å². The lowest BCUT2D eigenvalue weighted by atomic mass is 9.89. The minimum absolute atomic E-state index is 0.219. The SMILES string of the molecule is CC(N)Cc1ccc(OC2CCC(C)CC2)cc1. The highest BCUT2D eigenvalue weighted by Gasteiger charge is 2.19. The van der Waals surface area contributed by atoms with E-state index in [-0.39, 0.29) is 6.04 Å². The van der Waals surface area contributed by atoms with Crippen molar-refractivity contribution in [1.29, 1.82) is 0 Å². The van der Waals surface area contributed by atoms with E-state index in [9.17, 15) is 0 Å². The Hall–Kier alpha value is -1.02. The van der Waals surface area contributed by atoms with Gasteiger partial charge in [-0.2, -0.15) is 0 Å². The zero-order valence-electron chi connectivity index (χ0n) is 11.6. The molecule has 1 aromatic rings. The van der Waals surface area contributed by atoms with E-state index in [4.69, 9.17) is 10.5 Å². The highest BCUT2D eigenvalue weighted by atomic mass is 16.5. The van der Waals surface area contributed by atoms with Gasteiger partial charge in [0.05, 0.1) is 6.10 Å². The highest BCUT2D eigenvalue weighted by molar-refractivity contribution is 5.28. The van der Waals surface area contributed by atoms with Crippen molar-refractivity contribution < 1.29 is 4.74 Å². The third-order valence-electron chi connectivity index (χ3n) is 3.75. The van der Waals surface area contributed by atoms with Crippen LogP contribution in [0, 0.1) is 5.92 Å². The molecule has 1 saturated carbocycles. The van der Waals surface area contributed by atoms with Gasteiger partial charge in [0.25, 0.3) is 0 Å². The van der Waals surface area contributed by atoms with Crippen LogP contribution in [0.1, 0.15) is 45.1 Å². The molecule has 100 valence electrons. The molecule has 1 aromatic carbocycles. The second-order valence-electron chi connectivity index (χ2n) is 5.83. The van der Waals surface area contributed by atoms with Crippen molar-refractivity contribution in [2.24, 2.45) is 11.7 Å². The molecule has 0 heterocycles. The second-order valence-corrected chi connectivity index (χ2v) is 5.83. The Balaban J connectivity index is 1.86. The first-order chi connectivity index (χ1) is 8.63. The zero-order chi connectivity index (χ0) is 13.0. The number of rotatable bonds is 4. The molecule has 0 amide bonds.